The highest BCUT2D eigenvalue weighted by atomic mass is 35.7. The third-order valence-electron chi connectivity index (χ3n) is 2.88. The van der Waals surface area contributed by atoms with Gasteiger partial charge in [0.1, 0.15) is 0 Å². The standard InChI is InChI=1S/C13H20Cl2Si/c1-2-3-5-10-13(16(14)15)11-12-8-6-4-7-9-12/h4,6-9,13,16H,2-3,5,10-11H2,1H3. The quantitative estimate of drug-likeness (QED) is 0.378. The zero-order valence-electron chi connectivity index (χ0n) is 9.83. The van der Waals surface area contributed by atoms with E-state index >= 15 is 0 Å². The number of hydrogen-bond acceptors (Lipinski definition) is 0. The van der Waals surface area contributed by atoms with Crippen LogP contribution in [0.1, 0.15) is 38.2 Å². The van der Waals surface area contributed by atoms with Crippen LogP contribution >= 0.6 is 22.2 Å². The second-order valence-corrected chi connectivity index (χ2v) is 9.38. The first-order valence-electron chi connectivity index (χ1n) is 6.06. The largest absolute Gasteiger partial charge is 0.240 e. The molecule has 3 heteroatoms. The smallest absolute Gasteiger partial charge is 0.150 e. The van der Waals surface area contributed by atoms with Gasteiger partial charge in [-0.3, -0.25) is 0 Å². The zero-order chi connectivity index (χ0) is 11.8. The fraction of sp³-hybridized carbons (Fsp3) is 0.538. The van der Waals surface area contributed by atoms with Crippen LogP contribution in [-0.2, 0) is 6.42 Å². The summed E-state index contributed by atoms with van der Waals surface area (Å²) in [7, 11) is -1.55. The molecule has 0 amide bonds. The average Bonchev–Trinajstić information content (AvgIpc) is 2.29. The minimum atomic E-state index is -1.55. The van der Waals surface area contributed by atoms with Gasteiger partial charge in [-0.25, -0.2) is 0 Å². The molecule has 1 aromatic rings. The lowest BCUT2D eigenvalue weighted by Crippen LogP contribution is -2.10. The average molecular weight is 275 g/mol. The Morgan fingerprint density at radius 2 is 1.81 bits per heavy atom. The maximum atomic E-state index is 6.18. The first-order chi connectivity index (χ1) is 7.74. The van der Waals surface area contributed by atoms with Crippen molar-refractivity contribution < 1.29 is 0 Å². The predicted molar refractivity (Wildman–Crippen MR) is 76.9 cm³/mol. The molecular weight excluding hydrogens is 255 g/mol. The van der Waals surface area contributed by atoms with Crippen molar-refractivity contribution in [2.24, 2.45) is 0 Å². The van der Waals surface area contributed by atoms with Crippen molar-refractivity contribution in [3.63, 3.8) is 0 Å². The maximum absolute atomic E-state index is 6.18. The van der Waals surface area contributed by atoms with Gasteiger partial charge >= 0.3 is 0 Å². The molecule has 90 valence electrons. The van der Waals surface area contributed by atoms with Gasteiger partial charge in [-0.05, 0) is 17.5 Å². The molecule has 0 radical (unpaired) electrons. The Morgan fingerprint density at radius 3 is 2.38 bits per heavy atom. The Morgan fingerprint density at radius 1 is 1.12 bits per heavy atom. The number of benzene rings is 1. The van der Waals surface area contributed by atoms with Crippen molar-refractivity contribution in [3.8, 4) is 0 Å². The molecule has 0 saturated carbocycles. The summed E-state index contributed by atoms with van der Waals surface area (Å²) in [6.07, 6.45) is 6.05. The van der Waals surface area contributed by atoms with Crippen LogP contribution in [-0.4, -0.2) is 7.42 Å². The van der Waals surface area contributed by atoms with E-state index in [-0.39, 0.29) is 0 Å². The normalized spacial score (nSPS) is 13.0. The first kappa shape index (κ1) is 14.1. The Balaban J connectivity index is 2.45. The van der Waals surface area contributed by atoms with Crippen LogP contribution in [0.4, 0.5) is 0 Å². The van der Waals surface area contributed by atoms with Gasteiger partial charge in [-0.15, -0.1) is 0 Å². The highest BCUT2D eigenvalue weighted by Gasteiger charge is 2.19. The molecule has 0 fully saturated rings. The van der Waals surface area contributed by atoms with E-state index < -0.39 is 7.42 Å². The van der Waals surface area contributed by atoms with Crippen LogP contribution in [0, 0.1) is 0 Å². The number of hydrogen-bond donors (Lipinski definition) is 0. The van der Waals surface area contributed by atoms with E-state index in [0.29, 0.717) is 5.54 Å². The SMILES string of the molecule is CCCCCC(Cc1ccccc1)[SiH](Cl)Cl. The van der Waals surface area contributed by atoms with E-state index in [1.165, 1.54) is 31.2 Å². The van der Waals surface area contributed by atoms with Gasteiger partial charge in [-0.1, -0.05) is 62.9 Å². The molecule has 0 aliphatic heterocycles. The molecule has 0 nitrogen and oxygen atoms in total. The Bertz CT molecular complexity index is 275. The second kappa shape index (κ2) is 8.16. The molecule has 0 saturated heterocycles. The Labute approximate surface area is 110 Å². The molecule has 0 spiro atoms. The third kappa shape index (κ3) is 5.38. The molecule has 1 aromatic carbocycles. The fourth-order valence-corrected chi connectivity index (χ4v) is 4.12. The predicted octanol–water partition coefficient (Wildman–Crippen LogP) is 4.88. The van der Waals surface area contributed by atoms with Crippen molar-refractivity contribution in [1.82, 2.24) is 0 Å². The van der Waals surface area contributed by atoms with E-state index in [9.17, 15) is 0 Å². The van der Waals surface area contributed by atoms with Gasteiger partial charge in [0.15, 0.2) is 0 Å². The molecule has 0 bridgehead atoms. The monoisotopic (exact) mass is 274 g/mol. The topological polar surface area (TPSA) is 0 Å². The minimum Gasteiger partial charge on any atom is -0.150 e. The van der Waals surface area contributed by atoms with Crippen molar-refractivity contribution in [2.45, 2.75) is 44.6 Å². The Kier molecular flexibility index (Phi) is 7.18. The van der Waals surface area contributed by atoms with E-state index in [0.717, 1.165) is 6.42 Å². The molecule has 0 N–H and O–H groups in total. The summed E-state index contributed by atoms with van der Waals surface area (Å²) in [6, 6.07) is 10.5. The molecular formula is C13H20Cl2Si. The molecule has 0 aromatic heterocycles. The zero-order valence-corrected chi connectivity index (χ0v) is 12.5. The first-order valence-corrected chi connectivity index (χ1v) is 10.2. The van der Waals surface area contributed by atoms with Gasteiger partial charge in [-0.2, -0.15) is 22.2 Å². The van der Waals surface area contributed by atoms with Gasteiger partial charge in [0.25, 0.3) is 0 Å². The lowest BCUT2D eigenvalue weighted by Gasteiger charge is -2.16. The van der Waals surface area contributed by atoms with Gasteiger partial charge < -0.3 is 0 Å². The summed E-state index contributed by atoms with van der Waals surface area (Å²) in [6.45, 7) is 2.22. The number of rotatable bonds is 7. The summed E-state index contributed by atoms with van der Waals surface area (Å²) < 4.78 is 0. The fourth-order valence-electron chi connectivity index (χ4n) is 1.89. The van der Waals surface area contributed by atoms with Crippen molar-refractivity contribution in [2.75, 3.05) is 0 Å². The van der Waals surface area contributed by atoms with Gasteiger partial charge in [0.2, 0.25) is 7.42 Å². The van der Waals surface area contributed by atoms with Gasteiger partial charge in [0.05, 0.1) is 0 Å². The van der Waals surface area contributed by atoms with Crippen LogP contribution in [0.25, 0.3) is 0 Å². The van der Waals surface area contributed by atoms with Crippen LogP contribution in [0.5, 0.6) is 0 Å². The molecule has 0 heterocycles. The maximum Gasteiger partial charge on any atom is 0.240 e. The molecule has 0 aliphatic carbocycles. The van der Waals surface area contributed by atoms with E-state index in [2.05, 4.69) is 31.2 Å². The molecule has 0 aliphatic rings. The molecule has 1 unspecified atom stereocenters. The third-order valence-corrected chi connectivity index (χ3v) is 6.30. The lowest BCUT2D eigenvalue weighted by atomic mass is 10.1. The number of unbranched alkanes of at least 4 members (excludes halogenated alkanes) is 2. The summed E-state index contributed by atoms with van der Waals surface area (Å²) in [5.74, 6) is 0. The summed E-state index contributed by atoms with van der Waals surface area (Å²) >= 11 is 12.4. The Hall–Kier alpha value is 0.0169. The van der Waals surface area contributed by atoms with Gasteiger partial charge in [0, 0.05) is 0 Å². The summed E-state index contributed by atoms with van der Waals surface area (Å²) in [5, 5.41) is 0. The van der Waals surface area contributed by atoms with E-state index in [1.54, 1.807) is 0 Å². The number of halogens is 2. The van der Waals surface area contributed by atoms with E-state index in [4.69, 9.17) is 22.2 Å². The summed E-state index contributed by atoms with van der Waals surface area (Å²) in [4.78, 5) is 0. The van der Waals surface area contributed by atoms with Crippen LogP contribution < -0.4 is 0 Å². The molecule has 16 heavy (non-hydrogen) atoms. The van der Waals surface area contributed by atoms with E-state index in [1.807, 2.05) is 6.07 Å². The lowest BCUT2D eigenvalue weighted by molar-refractivity contribution is 0.629. The highest BCUT2D eigenvalue weighted by molar-refractivity contribution is 7.34. The highest BCUT2D eigenvalue weighted by Crippen LogP contribution is 2.28. The van der Waals surface area contributed by atoms with Crippen LogP contribution in [0.15, 0.2) is 30.3 Å². The summed E-state index contributed by atoms with van der Waals surface area (Å²) in [5.41, 5.74) is 1.89. The van der Waals surface area contributed by atoms with Crippen LogP contribution in [0.3, 0.4) is 0 Å². The second-order valence-electron chi connectivity index (χ2n) is 4.28. The van der Waals surface area contributed by atoms with Crippen molar-refractivity contribution in [3.05, 3.63) is 35.9 Å². The minimum absolute atomic E-state index is 0.525. The molecule has 1 atom stereocenters. The van der Waals surface area contributed by atoms with Crippen molar-refractivity contribution in [1.29, 1.82) is 0 Å². The van der Waals surface area contributed by atoms with Crippen molar-refractivity contribution >= 4 is 29.6 Å². The molecule has 1 rings (SSSR count). The van der Waals surface area contributed by atoms with Crippen LogP contribution in [0.2, 0.25) is 5.54 Å².